The minimum Gasteiger partial charge on any atom is -0.481 e. The van der Waals surface area contributed by atoms with Crippen LogP contribution in [-0.2, 0) is 0 Å². The Balaban J connectivity index is 1.92. The van der Waals surface area contributed by atoms with Gasteiger partial charge in [-0.15, -0.1) is 0 Å². The first-order chi connectivity index (χ1) is 12.2. The summed E-state index contributed by atoms with van der Waals surface area (Å²) in [7, 11) is 3.06. The lowest BCUT2D eigenvalue weighted by molar-refractivity contribution is 0.0339. The quantitative estimate of drug-likeness (QED) is 0.832. The Kier molecular flexibility index (Phi) is 5.00. The van der Waals surface area contributed by atoms with E-state index in [1.807, 2.05) is 6.07 Å². The van der Waals surface area contributed by atoms with E-state index in [-0.39, 0.29) is 23.9 Å². The fraction of sp³-hybridized carbons (Fsp3) is 0.389. The summed E-state index contributed by atoms with van der Waals surface area (Å²) in [6.45, 7) is 0. The van der Waals surface area contributed by atoms with E-state index in [2.05, 4.69) is 21.4 Å². The number of hydrogen-bond donors (Lipinski definition) is 2. The van der Waals surface area contributed by atoms with Crippen LogP contribution >= 0.6 is 0 Å². The number of aliphatic hydroxyl groups is 1. The molecule has 7 nitrogen and oxygen atoms in total. The summed E-state index contributed by atoms with van der Waals surface area (Å²) in [4.78, 5) is 8.34. The standard InChI is InChI=1S/C18H20N4O3/c1-24-16-4-3-11(10-21-16)17(12-7-13(23)8-12)22-15-5-6-20-18(25-2)14(15)9-19/h3-6,10,12-13,17,23H,7-8H2,1-2H3,(H,20,22)/t12?,13?,17-/m0/s1. The van der Waals surface area contributed by atoms with Gasteiger partial charge >= 0.3 is 0 Å². The van der Waals surface area contributed by atoms with Gasteiger partial charge in [0, 0.05) is 18.5 Å². The van der Waals surface area contributed by atoms with Gasteiger partial charge in [-0.1, -0.05) is 6.07 Å². The average Bonchev–Trinajstić information content (AvgIpc) is 2.63. The number of nitrogens with one attached hydrogen (secondary N) is 1. The van der Waals surface area contributed by atoms with Crippen molar-refractivity contribution >= 4 is 5.69 Å². The van der Waals surface area contributed by atoms with Gasteiger partial charge in [0.15, 0.2) is 0 Å². The highest BCUT2D eigenvalue weighted by Gasteiger charge is 2.35. The van der Waals surface area contributed by atoms with E-state index in [4.69, 9.17) is 9.47 Å². The maximum atomic E-state index is 9.70. The molecule has 0 aliphatic heterocycles. The van der Waals surface area contributed by atoms with Crippen LogP contribution in [0.2, 0.25) is 0 Å². The molecule has 0 aromatic carbocycles. The molecule has 0 unspecified atom stereocenters. The number of hydrogen-bond acceptors (Lipinski definition) is 7. The molecule has 2 aromatic heterocycles. The second-order valence-electron chi connectivity index (χ2n) is 6.00. The molecule has 7 heteroatoms. The van der Waals surface area contributed by atoms with Gasteiger partial charge < -0.3 is 19.9 Å². The summed E-state index contributed by atoms with van der Waals surface area (Å²) in [5.41, 5.74) is 1.98. The van der Waals surface area contributed by atoms with Gasteiger partial charge in [0.1, 0.15) is 11.6 Å². The van der Waals surface area contributed by atoms with Crippen LogP contribution in [0.5, 0.6) is 11.8 Å². The predicted octanol–water partition coefficient (Wildman–Crippen LogP) is 2.29. The zero-order valence-electron chi connectivity index (χ0n) is 14.1. The third kappa shape index (κ3) is 3.49. The molecule has 3 rings (SSSR count). The second-order valence-corrected chi connectivity index (χ2v) is 6.00. The zero-order valence-corrected chi connectivity index (χ0v) is 14.1. The number of nitriles is 1. The maximum Gasteiger partial charge on any atom is 0.233 e. The lowest BCUT2D eigenvalue weighted by Gasteiger charge is -2.38. The van der Waals surface area contributed by atoms with E-state index in [9.17, 15) is 10.4 Å². The minimum atomic E-state index is -0.275. The number of aliphatic hydroxyl groups excluding tert-OH is 1. The summed E-state index contributed by atoms with van der Waals surface area (Å²) in [5, 5.41) is 22.6. The SMILES string of the molecule is COc1ccc([C@H](Nc2ccnc(OC)c2C#N)C2CC(O)C2)cn1. The van der Waals surface area contributed by atoms with Crippen molar-refractivity contribution < 1.29 is 14.6 Å². The van der Waals surface area contributed by atoms with Crippen LogP contribution in [0.15, 0.2) is 30.6 Å². The topological polar surface area (TPSA) is 100 Å². The molecular formula is C18H20N4O3. The fourth-order valence-corrected chi connectivity index (χ4v) is 3.07. The molecule has 1 atom stereocenters. The van der Waals surface area contributed by atoms with E-state index in [1.165, 1.54) is 7.11 Å². The van der Waals surface area contributed by atoms with Gasteiger partial charge in [-0.2, -0.15) is 5.26 Å². The van der Waals surface area contributed by atoms with Crippen LogP contribution in [0.3, 0.4) is 0 Å². The summed E-state index contributed by atoms with van der Waals surface area (Å²) in [6.07, 6.45) is 4.48. The Morgan fingerprint density at radius 2 is 2.04 bits per heavy atom. The molecule has 2 aromatic rings. The van der Waals surface area contributed by atoms with E-state index in [0.717, 1.165) is 5.56 Å². The van der Waals surface area contributed by atoms with E-state index < -0.39 is 0 Å². The van der Waals surface area contributed by atoms with E-state index in [0.29, 0.717) is 30.0 Å². The lowest BCUT2D eigenvalue weighted by atomic mass is 9.75. The highest BCUT2D eigenvalue weighted by Crippen LogP contribution is 2.41. The van der Waals surface area contributed by atoms with Crippen LogP contribution in [0.1, 0.15) is 30.0 Å². The molecule has 2 heterocycles. The fourth-order valence-electron chi connectivity index (χ4n) is 3.07. The van der Waals surface area contributed by atoms with Gasteiger partial charge in [-0.3, -0.25) is 0 Å². The molecule has 0 bridgehead atoms. The molecular weight excluding hydrogens is 320 g/mol. The Hall–Kier alpha value is -2.85. The Morgan fingerprint density at radius 1 is 1.24 bits per heavy atom. The summed E-state index contributed by atoms with van der Waals surface area (Å²) in [5.74, 6) is 1.07. The summed E-state index contributed by atoms with van der Waals surface area (Å²) >= 11 is 0. The highest BCUT2D eigenvalue weighted by molar-refractivity contribution is 5.62. The normalized spacial score (nSPS) is 20.1. The number of aromatic nitrogens is 2. The predicted molar refractivity (Wildman–Crippen MR) is 91.4 cm³/mol. The third-order valence-electron chi connectivity index (χ3n) is 4.48. The Morgan fingerprint density at radius 3 is 2.60 bits per heavy atom. The number of rotatable bonds is 6. The maximum absolute atomic E-state index is 9.70. The lowest BCUT2D eigenvalue weighted by Crippen LogP contribution is -2.36. The van der Waals surface area contributed by atoms with Gasteiger partial charge in [-0.25, -0.2) is 9.97 Å². The molecule has 2 N–H and O–H groups in total. The van der Waals surface area contributed by atoms with Gasteiger partial charge in [0.05, 0.1) is 32.1 Å². The van der Waals surface area contributed by atoms with Gasteiger partial charge in [0.2, 0.25) is 11.8 Å². The first-order valence-electron chi connectivity index (χ1n) is 8.04. The van der Waals surface area contributed by atoms with Crippen molar-refractivity contribution in [3.63, 3.8) is 0 Å². The first kappa shape index (κ1) is 17.0. The molecule has 1 aliphatic carbocycles. The largest absolute Gasteiger partial charge is 0.481 e. The Labute approximate surface area is 146 Å². The van der Waals surface area contributed by atoms with Crippen LogP contribution in [-0.4, -0.2) is 35.4 Å². The van der Waals surface area contributed by atoms with Gasteiger partial charge in [-0.05, 0) is 30.4 Å². The number of methoxy groups -OCH3 is 2. The molecule has 0 saturated heterocycles. The van der Waals surface area contributed by atoms with Crippen LogP contribution < -0.4 is 14.8 Å². The molecule has 0 radical (unpaired) electrons. The number of nitrogens with zero attached hydrogens (tertiary/aromatic N) is 3. The molecule has 130 valence electrons. The zero-order chi connectivity index (χ0) is 17.8. The molecule has 25 heavy (non-hydrogen) atoms. The Bertz CT molecular complexity index is 767. The monoisotopic (exact) mass is 340 g/mol. The number of ether oxygens (including phenoxy) is 2. The molecule has 1 fully saturated rings. The van der Waals surface area contributed by atoms with Crippen molar-refractivity contribution in [2.75, 3.05) is 19.5 Å². The van der Waals surface area contributed by atoms with Crippen LogP contribution in [0.4, 0.5) is 5.69 Å². The highest BCUT2D eigenvalue weighted by atomic mass is 16.5. The van der Waals surface area contributed by atoms with Crippen molar-refractivity contribution in [1.29, 1.82) is 5.26 Å². The molecule has 0 spiro atoms. The first-order valence-corrected chi connectivity index (χ1v) is 8.04. The van der Waals surface area contributed by atoms with Crippen molar-refractivity contribution in [3.8, 4) is 17.8 Å². The third-order valence-corrected chi connectivity index (χ3v) is 4.48. The van der Waals surface area contributed by atoms with Crippen LogP contribution in [0.25, 0.3) is 0 Å². The van der Waals surface area contributed by atoms with Crippen molar-refractivity contribution in [1.82, 2.24) is 9.97 Å². The average molecular weight is 340 g/mol. The molecule has 0 amide bonds. The smallest absolute Gasteiger partial charge is 0.233 e. The summed E-state index contributed by atoms with van der Waals surface area (Å²) < 4.78 is 10.3. The van der Waals surface area contributed by atoms with Crippen molar-refractivity contribution in [3.05, 3.63) is 41.7 Å². The van der Waals surface area contributed by atoms with Crippen molar-refractivity contribution in [2.24, 2.45) is 5.92 Å². The van der Waals surface area contributed by atoms with Crippen molar-refractivity contribution in [2.45, 2.75) is 25.0 Å². The van der Waals surface area contributed by atoms with E-state index >= 15 is 0 Å². The summed E-state index contributed by atoms with van der Waals surface area (Å²) in [6, 6.07) is 7.55. The molecule has 1 aliphatic rings. The van der Waals surface area contributed by atoms with E-state index in [1.54, 1.807) is 31.6 Å². The van der Waals surface area contributed by atoms with Gasteiger partial charge in [0.25, 0.3) is 0 Å². The minimum absolute atomic E-state index is 0.0824. The second kappa shape index (κ2) is 7.36. The number of anilines is 1. The van der Waals surface area contributed by atoms with Crippen LogP contribution in [0, 0.1) is 17.2 Å². The number of pyridine rings is 2. The molecule has 1 saturated carbocycles.